The molecule has 0 bridgehead atoms. The van der Waals surface area contributed by atoms with Gasteiger partial charge in [0.15, 0.2) is 5.78 Å². The lowest BCUT2D eigenvalue weighted by Crippen LogP contribution is -2.40. The Morgan fingerprint density at radius 3 is 2.68 bits per heavy atom. The first kappa shape index (κ1) is 13.5. The number of rotatable bonds is 2. The van der Waals surface area contributed by atoms with Crippen molar-refractivity contribution >= 4 is 5.78 Å². The minimum Gasteiger partial charge on any atom is -0.291 e. The minimum atomic E-state index is 0.0394. The van der Waals surface area contributed by atoms with Crippen LogP contribution in [0.3, 0.4) is 0 Å². The topological polar surface area (TPSA) is 20.3 Å². The van der Waals surface area contributed by atoms with Crippen molar-refractivity contribution in [2.75, 3.05) is 6.54 Å². The number of ketones is 1. The van der Waals surface area contributed by atoms with E-state index in [9.17, 15) is 4.79 Å². The molecule has 110 valence electrons. The van der Waals surface area contributed by atoms with E-state index < -0.39 is 0 Å². The summed E-state index contributed by atoms with van der Waals surface area (Å²) >= 11 is 0. The zero-order valence-corrected chi connectivity index (χ0v) is 12.6. The van der Waals surface area contributed by atoms with Crippen LogP contribution in [-0.2, 0) is 19.4 Å². The van der Waals surface area contributed by atoms with E-state index in [0.29, 0.717) is 6.04 Å². The predicted molar refractivity (Wildman–Crippen MR) is 88.0 cm³/mol. The van der Waals surface area contributed by atoms with Crippen molar-refractivity contribution in [3.63, 3.8) is 0 Å². The van der Waals surface area contributed by atoms with E-state index >= 15 is 0 Å². The summed E-state index contributed by atoms with van der Waals surface area (Å²) in [5.41, 5.74) is 6.23. The van der Waals surface area contributed by atoms with Crippen LogP contribution >= 0.6 is 0 Å². The molecule has 0 N–H and O–H groups in total. The third-order valence-electron chi connectivity index (χ3n) is 4.99. The Hall–Kier alpha value is -2.19. The first-order valence-electron chi connectivity index (χ1n) is 7.87. The molecule has 22 heavy (non-hydrogen) atoms. The van der Waals surface area contributed by atoms with Crippen molar-refractivity contribution in [1.29, 1.82) is 0 Å². The van der Waals surface area contributed by atoms with Gasteiger partial charge in [0.25, 0.3) is 0 Å². The Kier molecular flexibility index (Phi) is 3.20. The quantitative estimate of drug-likeness (QED) is 0.620. The molecule has 2 aromatic carbocycles. The molecule has 0 aromatic heterocycles. The van der Waals surface area contributed by atoms with Crippen molar-refractivity contribution in [1.82, 2.24) is 4.90 Å². The van der Waals surface area contributed by atoms with Gasteiger partial charge in [-0.25, -0.2) is 0 Å². The largest absolute Gasteiger partial charge is 0.291 e. The summed E-state index contributed by atoms with van der Waals surface area (Å²) in [6.45, 7) is 5.71. The van der Waals surface area contributed by atoms with Crippen molar-refractivity contribution in [2.45, 2.75) is 25.4 Å². The second kappa shape index (κ2) is 5.22. The van der Waals surface area contributed by atoms with E-state index in [1.165, 1.54) is 28.3 Å². The molecule has 2 heteroatoms. The fourth-order valence-corrected chi connectivity index (χ4v) is 3.91. The summed E-state index contributed by atoms with van der Waals surface area (Å²) in [7, 11) is 0. The van der Waals surface area contributed by atoms with Gasteiger partial charge >= 0.3 is 0 Å². The van der Waals surface area contributed by atoms with Crippen molar-refractivity contribution in [3.8, 4) is 0 Å². The summed E-state index contributed by atoms with van der Waals surface area (Å²) < 4.78 is 0. The highest BCUT2D eigenvalue weighted by atomic mass is 16.1. The van der Waals surface area contributed by atoms with Crippen LogP contribution in [0.5, 0.6) is 0 Å². The average molecular weight is 289 g/mol. The van der Waals surface area contributed by atoms with E-state index in [1.54, 1.807) is 0 Å². The number of hydrogen-bond donors (Lipinski definition) is 0. The highest BCUT2D eigenvalue weighted by Gasteiger charge is 2.34. The third kappa shape index (κ3) is 2.03. The van der Waals surface area contributed by atoms with E-state index in [-0.39, 0.29) is 5.78 Å². The van der Waals surface area contributed by atoms with E-state index in [2.05, 4.69) is 41.8 Å². The second-order valence-electron chi connectivity index (χ2n) is 6.16. The molecular weight excluding hydrogens is 270 g/mol. The zero-order valence-electron chi connectivity index (χ0n) is 12.6. The van der Waals surface area contributed by atoms with E-state index in [4.69, 9.17) is 0 Å². The molecule has 0 radical (unpaired) electrons. The summed E-state index contributed by atoms with van der Waals surface area (Å²) in [5.74, 6) is 0.0394. The lowest BCUT2D eigenvalue weighted by Gasteiger charge is -2.42. The molecule has 0 spiro atoms. The molecular formula is C20H19NO. The Bertz CT molecular complexity index is 762. The van der Waals surface area contributed by atoms with E-state index in [1.807, 2.05) is 12.1 Å². The molecule has 0 saturated carbocycles. The fraction of sp³-hybridized carbons (Fsp3) is 0.250. The van der Waals surface area contributed by atoms with Gasteiger partial charge in [0.2, 0.25) is 0 Å². The smallest absolute Gasteiger partial charge is 0.185 e. The Morgan fingerprint density at radius 1 is 1.09 bits per heavy atom. The summed E-state index contributed by atoms with van der Waals surface area (Å²) in [6, 6.07) is 15.1. The highest BCUT2D eigenvalue weighted by Crippen LogP contribution is 2.39. The standard InChI is InChI=1S/C20H19NO/c1-2-19(22)17-9-5-8-14-10-11-21-13-16-7-4-3-6-15(16)12-18(21)20(14)17/h2-9,18H,1,10-13H2. The average Bonchev–Trinajstić information content (AvgIpc) is 2.58. The van der Waals surface area contributed by atoms with Crippen molar-refractivity contribution in [2.24, 2.45) is 0 Å². The maximum Gasteiger partial charge on any atom is 0.185 e. The van der Waals surface area contributed by atoms with Gasteiger partial charge in [-0.15, -0.1) is 0 Å². The second-order valence-corrected chi connectivity index (χ2v) is 6.16. The molecule has 1 unspecified atom stereocenters. The minimum absolute atomic E-state index is 0.0394. The number of allylic oxidation sites excluding steroid dienone is 1. The Labute approximate surface area is 131 Å². The van der Waals surface area contributed by atoms with Crippen LogP contribution in [0.1, 0.15) is 38.7 Å². The summed E-state index contributed by atoms with van der Waals surface area (Å²) in [4.78, 5) is 14.8. The Morgan fingerprint density at radius 2 is 1.86 bits per heavy atom. The maximum atomic E-state index is 12.3. The number of carbonyl (C=O) groups is 1. The van der Waals surface area contributed by atoms with Crippen LogP contribution in [0.25, 0.3) is 0 Å². The fourth-order valence-electron chi connectivity index (χ4n) is 3.91. The molecule has 0 aliphatic carbocycles. The predicted octanol–water partition coefficient (Wildman–Crippen LogP) is 3.71. The van der Waals surface area contributed by atoms with Gasteiger partial charge in [0.1, 0.15) is 0 Å². The van der Waals surface area contributed by atoms with Gasteiger partial charge in [-0.3, -0.25) is 9.69 Å². The molecule has 0 amide bonds. The summed E-state index contributed by atoms with van der Waals surface area (Å²) in [6.07, 6.45) is 3.45. The zero-order chi connectivity index (χ0) is 15.1. The molecule has 2 aromatic rings. The molecule has 2 nitrogen and oxygen atoms in total. The SMILES string of the molecule is C=CC(=O)c1cccc2c1C1Cc3ccccc3CN1CC2. The van der Waals surface area contributed by atoms with Crippen molar-refractivity contribution in [3.05, 3.63) is 82.9 Å². The van der Waals surface area contributed by atoms with Gasteiger partial charge in [-0.05, 0) is 41.2 Å². The molecule has 4 rings (SSSR count). The van der Waals surface area contributed by atoms with Crippen LogP contribution in [0.15, 0.2) is 55.1 Å². The molecule has 2 heterocycles. The third-order valence-corrected chi connectivity index (χ3v) is 4.99. The van der Waals surface area contributed by atoms with Gasteiger partial charge in [-0.1, -0.05) is 49.0 Å². The van der Waals surface area contributed by atoms with Crippen LogP contribution in [0.2, 0.25) is 0 Å². The number of benzene rings is 2. The first-order chi connectivity index (χ1) is 10.8. The Balaban J connectivity index is 1.84. The number of carbonyl (C=O) groups excluding carboxylic acids is 1. The van der Waals surface area contributed by atoms with E-state index in [0.717, 1.165) is 31.5 Å². The molecule has 0 fully saturated rings. The normalized spacial score (nSPS) is 19.7. The highest BCUT2D eigenvalue weighted by molar-refractivity contribution is 6.05. The lowest BCUT2D eigenvalue weighted by molar-refractivity contribution is 0.103. The number of nitrogens with zero attached hydrogens (tertiary/aromatic N) is 1. The van der Waals surface area contributed by atoms with Crippen LogP contribution in [0.4, 0.5) is 0 Å². The van der Waals surface area contributed by atoms with Gasteiger partial charge in [-0.2, -0.15) is 0 Å². The van der Waals surface area contributed by atoms with Crippen LogP contribution in [-0.4, -0.2) is 17.2 Å². The molecule has 2 aliphatic heterocycles. The first-order valence-corrected chi connectivity index (χ1v) is 7.87. The summed E-state index contributed by atoms with van der Waals surface area (Å²) in [5, 5.41) is 0. The lowest BCUT2D eigenvalue weighted by atomic mass is 9.81. The molecule has 0 saturated heterocycles. The molecule has 2 aliphatic rings. The van der Waals surface area contributed by atoms with Crippen LogP contribution < -0.4 is 0 Å². The van der Waals surface area contributed by atoms with Crippen molar-refractivity contribution < 1.29 is 4.79 Å². The monoisotopic (exact) mass is 289 g/mol. The molecule has 1 atom stereocenters. The van der Waals surface area contributed by atoms with Gasteiger partial charge < -0.3 is 0 Å². The van der Waals surface area contributed by atoms with Gasteiger partial charge in [0, 0.05) is 24.7 Å². The van der Waals surface area contributed by atoms with Crippen LogP contribution in [0, 0.1) is 0 Å². The number of hydrogen-bond acceptors (Lipinski definition) is 2. The van der Waals surface area contributed by atoms with Gasteiger partial charge in [0.05, 0.1) is 0 Å². The maximum absolute atomic E-state index is 12.3. The number of fused-ring (bicyclic) bond motifs is 4.